The van der Waals surface area contributed by atoms with E-state index in [1.54, 1.807) is 12.1 Å². The maximum atomic E-state index is 12.5. The van der Waals surface area contributed by atoms with Gasteiger partial charge in [0.05, 0.1) is 7.11 Å². The van der Waals surface area contributed by atoms with Gasteiger partial charge in [-0.3, -0.25) is 14.4 Å². The number of hydrogen-bond donors (Lipinski definition) is 0. The summed E-state index contributed by atoms with van der Waals surface area (Å²) in [6.07, 6.45) is -7.14. The van der Waals surface area contributed by atoms with Crippen molar-refractivity contribution < 1.29 is 47.6 Å². The van der Waals surface area contributed by atoms with Gasteiger partial charge in [-0.15, -0.1) is 0 Å². The van der Waals surface area contributed by atoms with Crippen molar-refractivity contribution >= 4 is 34.6 Å². The lowest BCUT2D eigenvalue weighted by atomic mass is 9.97. The van der Waals surface area contributed by atoms with Crippen molar-refractivity contribution in [1.82, 2.24) is 0 Å². The minimum Gasteiger partial charge on any atom is -0.467 e. The molecule has 0 radical (unpaired) electrons. The Labute approximate surface area is 189 Å². The Bertz CT molecular complexity index is 1040. The van der Waals surface area contributed by atoms with Gasteiger partial charge in [0.1, 0.15) is 5.75 Å². The minimum absolute atomic E-state index is 0.367. The first-order valence-electron chi connectivity index (χ1n) is 10.1. The Morgan fingerprint density at radius 2 is 1.33 bits per heavy atom. The molecule has 0 bridgehead atoms. The highest BCUT2D eigenvalue weighted by atomic mass is 16.7. The normalized spacial score (nSPS) is 24.4. The van der Waals surface area contributed by atoms with Gasteiger partial charge in [0.15, 0.2) is 18.3 Å². The SMILES string of the molecule is COC(=O)C1O[C@@H](Oc2cccc3ccccc23)[C@@H](OC(C)=O)[C@@H](OC(C)=O)[C@@H]1OC(C)=O. The lowest BCUT2D eigenvalue weighted by molar-refractivity contribution is -0.282. The van der Waals surface area contributed by atoms with E-state index in [-0.39, 0.29) is 0 Å². The average molecular weight is 460 g/mol. The quantitative estimate of drug-likeness (QED) is 0.466. The molecule has 1 unspecified atom stereocenters. The molecule has 2 aromatic rings. The Hall–Kier alpha value is -3.66. The molecule has 2 aromatic carbocycles. The first-order chi connectivity index (χ1) is 15.7. The molecule has 176 valence electrons. The number of hydrogen-bond acceptors (Lipinski definition) is 10. The molecule has 1 aliphatic rings. The van der Waals surface area contributed by atoms with Crippen LogP contribution in [-0.4, -0.2) is 61.7 Å². The molecule has 5 atom stereocenters. The van der Waals surface area contributed by atoms with Gasteiger partial charge < -0.3 is 28.4 Å². The summed E-state index contributed by atoms with van der Waals surface area (Å²) in [5.74, 6) is -2.80. The molecule has 33 heavy (non-hydrogen) atoms. The first kappa shape index (κ1) is 24.0. The molecular formula is C23H24O10. The Balaban J connectivity index is 2.07. The van der Waals surface area contributed by atoms with Crippen LogP contribution in [0.4, 0.5) is 0 Å². The third-order valence-corrected chi connectivity index (χ3v) is 4.83. The van der Waals surface area contributed by atoms with Crippen molar-refractivity contribution in [3.8, 4) is 5.75 Å². The number of rotatable bonds is 6. The minimum atomic E-state index is -1.52. The highest BCUT2D eigenvalue weighted by molar-refractivity contribution is 5.88. The largest absolute Gasteiger partial charge is 0.467 e. The lowest BCUT2D eigenvalue weighted by Gasteiger charge is -2.43. The number of carbonyl (C=O) groups is 4. The topological polar surface area (TPSA) is 124 Å². The fourth-order valence-electron chi connectivity index (χ4n) is 3.60. The van der Waals surface area contributed by atoms with Gasteiger partial charge in [0.2, 0.25) is 12.4 Å². The monoisotopic (exact) mass is 460 g/mol. The maximum Gasteiger partial charge on any atom is 0.339 e. The van der Waals surface area contributed by atoms with Crippen molar-refractivity contribution in [3.63, 3.8) is 0 Å². The third-order valence-electron chi connectivity index (χ3n) is 4.83. The smallest absolute Gasteiger partial charge is 0.339 e. The highest BCUT2D eigenvalue weighted by Gasteiger charge is 2.55. The average Bonchev–Trinajstić information content (AvgIpc) is 2.76. The van der Waals surface area contributed by atoms with Crippen LogP contribution in [0.25, 0.3) is 10.8 Å². The number of carbonyl (C=O) groups excluding carboxylic acids is 4. The van der Waals surface area contributed by atoms with Crippen LogP contribution in [0.15, 0.2) is 42.5 Å². The Morgan fingerprint density at radius 1 is 0.758 bits per heavy atom. The van der Waals surface area contributed by atoms with Crippen LogP contribution < -0.4 is 4.74 Å². The van der Waals surface area contributed by atoms with Crippen LogP contribution in [0.1, 0.15) is 20.8 Å². The molecule has 0 N–H and O–H groups in total. The second-order valence-corrected chi connectivity index (χ2v) is 7.27. The van der Waals surface area contributed by atoms with Crippen molar-refractivity contribution in [2.45, 2.75) is 51.5 Å². The molecule has 1 fully saturated rings. The maximum absolute atomic E-state index is 12.5. The molecule has 0 amide bonds. The van der Waals surface area contributed by atoms with E-state index in [2.05, 4.69) is 0 Å². The standard InChI is InChI=1S/C23H24O10/c1-12(24)29-18-19(30-13(2)25)21(31-14(3)26)23(33-20(18)22(27)28-4)32-17-11-7-9-15-8-5-6-10-16(15)17/h5-11,18-21,23H,1-4H3/t18-,19-,20?,21-,23+/m0/s1. The Kier molecular flexibility index (Phi) is 7.49. The van der Waals surface area contributed by atoms with E-state index >= 15 is 0 Å². The summed E-state index contributed by atoms with van der Waals surface area (Å²) in [5.41, 5.74) is 0. The molecule has 0 spiro atoms. The summed E-state index contributed by atoms with van der Waals surface area (Å²) in [5, 5.41) is 1.60. The molecule has 0 saturated carbocycles. The second-order valence-electron chi connectivity index (χ2n) is 7.27. The molecule has 10 nitrogen and oxygen atoms in total. The van der Waals surface area contributed by atoms with E-state index in [1.807, 2.05) is 30.3 Å². The predicted molar refractivity (Wildman–Crippen MR) is 112 cm³/mol. The molecule has 1 heterocycles. The summed E-state index contributed by atoms with van der Waals surface area (Å²) in [7, 11) is 1.12. The molecular weight excluding hydrogens is 436 g/mol. The fraction of sp³-hybridized carbons (Fsp3) is 0.391. The number of methoxy groups -OCH3 is 1. The third kappa shape index (κ3) is 5.58. The van der Waals surface area contributed by atoms with Crippen LogP contribution in [0.5, 0.6) is 5.75 Å². The van der Waals surface area contributed by atoms with E-state index in [9.17, 15) is 19.2 Å². The van der Waals surface area contributed by atoms with Crippen LogP contribution in [0, 0.1) is 0 Å². The van der Waals surface area contributed by atoms with E-state index in [4.69, 9.17) is 28.4 Å². The first-order valence-corrected chi connectivity index (χ1v) is 10.1. The van der Waals surface area contributed by atoms with Gasteiger partial charge in [0.25, 0.3) is 0 Å². The van der Waals surface area contributed by atoms with Crippen molar-refractivity contribution in [1.29, 1.82) is 0 Å². The predicted octanol–water partition coefficient (Wildman–Crippen LogP) is 1.91. The summed E-state index contributed by atoms with van der Waals surface area (Å²) < 4.78 is 32.5. The highest BCUT2D eigenvalue weighted by Crippen LogP contribution is 2.33. The van der Waals surface area contributed by atoms with Gasteiger partial charge >= 0.3 is 23.9 Å². The molecule has 1 saturated heterocycles. The number of esters is 4. The molecule has 0 aromatic heterocycles. The van der Waals surface area contributed by atoms with E-state index in [0.29, 0.717) is 5.75 Å². The number of fused-ring (bicyclic) bond motifs is 1. The van der Waals surface area contributed by atoms with Gasteiger partial charge in [0, 0.05) is 26.2 Å². The summed E-state index contributed by atoms with van der Waals surface area (Å²) in [4.78, 5) is 48.0. The Morgan fingerprint density at radius 3 is 1.97 bits per heavy atom. The van der Waals surface area contributed by atoms with Gasteiger partial charge in [-0.2, -0.15) is 0 Å². The molecule has 1 aliphatic heterocycles. The van der Waals surface area contributed by atoms with Crippen LogP contribution >= 0.6 is 0 Å². The van der Waals surface area contributed by atoms with Crippen molar-refractivity contribution in [2.24, 2.45) is 0 Å². The van der Waals surface area contributed by atoms with Crippen LogP contribution in [0.3, 0.4) is 0 Å². The van der Waals surface area contributed by atoms with Crippen LogP contribution in [-0.2, 0) is 42.9 Å². The van der Waals surface area contributed by atoms with Crippen molar-refractivity contribution in [3.05, 3.63) is 42.5 Å². The van der Waals surface area contributed by atoms with E-state index in [1.165, 1.54) is 0 Å². The zero-order valence-corrected chi connectivity index (χ0v) is 18.5. The molecule has 10 heteroatoms. The molecule has 3 rings (SSSR count). The number of ether oxygens (including phenoxy) is 6. The fourth-order valence-corrected chi connectivity index (χ4v) is 3.60. The van der Waals surface area contributed by atoms with Gasteiger partial charge in [-0.05, 0) is 11.5 Å². The number of benzene rings is 2. The van der Waals surface area contributed by atoms with Gasteiger partial charge in [-0.25, -0.2) is 4.79 Å². The van der Waals surface area contributed by atoms with E-state index in [0.717, 1.165) is 38.7 Å². The van der Waals surface area contributed by atoms with Crippen LogP contribution in [0.2, 0.25) is 0 Å². The zero-order valence-electron chi connectivity index (χ0n) is 18.5. The van der Waals surface area contributed by atoms with E-state index < -0.39 is 54.6 Å². The second kappa shape index (κ2) is 10.3. The van der Waals surface area contributed by atoms with Gasteiger partial charge in [-0.1, -0.05) is 36.4 Å². The lowest BCUT2D eigenvalue weighted by Crippen LogP contribution is -2.64. The summed E-state index contributed by atoms with van der Waals surface area (Å²) >= 11 is 0. The zero-order chi connectivity index (χ0) is 24.1. The summed E-state index contributed by atoms with van der Waals surface area (Å²) in [6.45, 7) is 3.38. The molecule has 0 aliphatic carbocycles. The van der Waals surface area contributed by atoms with Crippen molar-refractivity contribution in [2.75, 3.05) is 7.11 Å². The summed E-state index contributed by atoms with van der Waals surface area (Å²) in [6, 6.07) is 12.7.